The Hall–Kier alpha value is -2.36. The van der Waals surface area contributed by atoms with E-state index in [2.05, 4.69) is 53.2 Å². The molecular weight excluding hydrogens is 507 g/mol. The third-order valence-corrected chi connectivity index (χ3v) is 5.23. The third kappa shape index (κ3) is 6.32. The van der Waals surface area contributed by atoms with Gasteiger partial charge in [0.15, 0.2) is 17.5 Å². The summed E-state index contributed by atoms with van der Waals surface area (Å²) in [4.78, 5) is 9.54. The van der Waals surface area contributed by atoms with Crippen LogP contribution in [0.3, 0.4) is 0 Å². The first-order valence-electron chi connectivity index (χ1n) is 10.3. The van der Waals surface area contributed by atoms with Crippen LogP contribution in [0.25, 0.3) is 0 Å². The first-order chi connectivity index (χ1) is 14.5. The van der Waals surface area contributed by atoms with E-state index in [4.69, 9.17) is 14.5 Å². The number of ether oxygens (including phenoxy) is 2. The van der Waals surface area contributed by atoms with Gasteiger partial charge in [-0.2, -0.15) is 0 Å². The smallest absolute Gasteiger partial charge is 0.200 e. The second-order valence-corrected chi connectivity index (χ2v) is 7.33. The first kappa shape index (κ1) is 24.9. The molecule has 0 bridgehead atoms. The number of guanidine groups is 1. The highest BCUT2D eigenvalue weighted by Gasteiger charge is 2.20. The van der Waals surface area contributed by atoms with Crippen molar-refractivity contribution >= 4 is 35.6 Å². The van der Waals surface area contributed by atoms with Crippen molar-refractivity contribution < 1.29 is 14.6 Å². The molecule has 1 aliphatic rings. The molecular formula is C23H33IN4O3. The molecule has 0 atom stereocenters. The predicted octanol–water partition coefficient (Wildman–Crippen LogP) is 3.62. The summed E-state index contributed by atoms with van der Waals surface area (Å²) in [5.41, 5.74) is 3.47. The highest BCUT2D eigenvalue weighted by Crippen LogP contribution is 2.37. The second-order valence-electron chi connectivity index (χ2n) is 7.33. The molecule has 31 heavy (non-hydrogen) atoms. The molecule has 2 N–H and O–H groups in total. The molecule has 0 aromatic heterocycles. The van der Waals surface area contributed by atoms with Crippen molar-refractivity contribution in [1.29, 1.82) is 0 Å². The fourth-order valence-electron chi connectivity index (χ4n) is 3.63. The molecule has 1 heterocycles. The van der Waals surface area contributed by atoms with Crippen molar-refractivity contribution in [2.24, 2.45) is 4.99 Å². The normalized spacial score (nSPS) is 14.1. The van der Waals surface area contributed by atoms with Gasteiger partial charge in [0.2, 0.25) is 5.75 Å². The molecule has 1 fully saturated rings. The van der Waals surface area contributed by atoms with Crippen LogP contribution >= 0.6 is 24.0 Å². The number of aliphatic imine (C=N–C) groups is 1. The zero-order valence-corrected chi connectivity index (χ0v) is 21.1. The Morgan fingerprint density at radius 2 is 1.71 bits per heavy atom. The van der Waals surface area contributed by atoms with Crippen LogP contribution in [0, 0.1) is 6.92 Å². The maximum Gasteiger partial charge on any atom is 0.200 e. The average Bonchev–Trinajstić information content (AvgIpc) is 2.77. The van der Waals surface area contributed by atoms with E-state index < -0.39 is 0 Å². The van der Waals surface area contributed by atoms with Gasteiger partial charge in [-0.15, -0.1) is 24.0 Å². The van der Waals surface area contributed by atoms with Gasteiger partial charge in [-0.05, 0) is 49.2 Å². The van der Waals surface area contributed by atoms with Gasteiger partial charge < -0.3 is 29.7 Å². The van der Waals surface area contributed by atoms with Gasteiger partial charge in [-0.3, -0.25) is 0 Å². The minimum Gasteiger partial charge on any atom is -0.502 e. The summed E-state index contributed by atoms with van der Waals surface area (Å²) in [7, 11) is 3.05. The van der Waals surface area contributed by atoms with Gasteiger partial charge in [0, 0.05) is 38.4 Å². The molecule has 0 radical (unpaired) electrons. The van der Waals surface area contributed by atoms with E-state index in [9.17, 15) is 5.11 Å². The lowest BCUT2D eigenvalue weighted by Gasteiger charge is -2.37. The van der Waals surface area contributed by atoms with Crippen LogP contribution in [-0.2, 0) is 6.54 Å². The topological polar surface area (TPSA) is 69.6 Å². The van der Waals surface area contributed by atoms with E-state index in [0.717, 1.165) is 44.2 Å². The number of anilines is 1. The summed E-state index contributed by atoms with van der Waals surface area (Å²) in [5, 5.41) is 13.5. The number of methoxy groups -OCH3 is 2. The second kappa shape index (κ2) is 11.9. The molecule has 3 rings (SSSR count). The van der Waals surface area contributed by atoms with Crippen molar-refractivity contribution in [3.8, 4) is 17.2 Å². The molecule has 0 spiro atoms. The summed E-state index contributed by atoms with van der Waals surface area (Å²) < 4.78 is 10.5. The van der Waals surface area contributed by atoms with E-state index in [1.165, 1.54) is 25.5 Å². The van der Waals surface area contributed by atoms with Crippen LogP contribution < -0.4 is 19.7 Å². The fourth-order valence-corrected chi connectivity index (χ4v) is 3.63. The van der Waals surface area contributed by atoms with Crippen LogP contribution in [0.15, 0.2) is 41.4 Å². The van der Waals surface area contributed by atoms with E-state index in [1.54, 1.807) is 12.1 Å². The first-order valence-corrected chi connectivity index (χ1v) is 10.3. The maximum absolute atomic E-state index is 10.1. The number of halogens is 1. The number of aryl methyl sites for hydroxylation is 1. The Morgan fingerprint density at radius 1 is 1.06 bits per heavy atom. The number of hydrogen-bond donors (Lipinski definition) is 2. The Morgan fingerprint density at radius 3 is 2.26 bits per heavy atom. The third-order valence-electron chi connectivity index (χ3n) is 5.23. The summed E-state index contributed by atoms with van der Waals surface area (Å²) >= 11 is 0. The molecule has 0 amide bonds. The number of phenols is 1. The lowest BCUT2D eigenvalue weighted by atomic mass is 10.2. The minimum atomic E-state index is 0. The molecule has 7 nitrogen and oxygen atoms in total. The van der Waals surface area contributed by atoms with Crippen molar-refractivity contribution in [1.82, 2.24) is 10.2 Å². The lowest BCUT2D eigenvalue weighted by molar-refractivity contribution is 0.339. The largest absolute Gasteiger partial charge is 0.502 e. The van der Waals surface area contributed by atoms with Crippen LogP contribution in [0.5, 0.6) is 17.2 Å². The van der Waals surface area contributed by atoms with Crippen LogP contribution in [-0.4, -0.2) is 62.9 Å². The monoisotopic (exact) mass is 540 g/mol. The van der Waals surface area contributed by atoms with Crippen LogP contribution in [0.4, 0.5) is 5.69 Å². The average molecular weight is 540 g/mol. The number of nitrogens with one attached hydrogen (secondary N) is 1. The molecule has 2 aromatic carbocycles. The van der Waals surface area contributed by atoms with Crippen molar-refractivity contribution in [3.63, 3.8) is 0 Å². The number of hydrogen-bond acceptors (Lipinski definition) is 5. The number of benzene rings is 2. The zero-order chi connectivity index (χ0) is 21.5. The van der Waals surface area contributed by atoms with Crippen molar-refractivity contribution in [3.05, 3.63) is 47.5 Å². The van der Waals surface area contributed by atoms with Crippen LogP contribution in [0.1, 0.15) is 18.1 Å². The molecule has 0 saturated carbocycles. The highest BCUT2D eigenvalue weighted by molar-refractivity contribution is 14.0. The SMILES string of the molecule is CCNC(=NCc1cc(OC)c(O)c(OC)c1)N1CCN(c2cccc(C)c2)CC1.I. The lowest BCUT2D eigenvalue weighted by Crippen LogP contribution is -2.52. The van der Waals surface area contributed by atoms with Gasteiger partial charge in [0.05, 0.1) is 20.8 Å². The van der Waals surface area contributed by atoms with Gasteiger partial charge >= 0.3 is 0 Å². The van der Waals surface area contributed by atoms with E-state index in [0.29, 0.717) is 18.0 Å². The summed E-state index contributed by atoms with van der Waals surface area (Å²) in [6.45, 7) is 9.19. The molecule has 0 unspecified atom stereocenters. The van der Waals surface area contributed by atoms with Gasteiger partial charge in [-0.25, -0.2) is 4.99 Å². The predicted molar refractivity (Wildman–Crippen MR) is 136 cm³/mol. The number of nitrogens with zero attached hydrogens (tertiary/aromatic N) is 3. The van der Waals surface area contributed by atoms with E-state index >= 15 is 0 Å². The summed E-state index contributed by atoms with van der Waals surface area (Å²) in [6, 6.07) is 12.2. The molecule has 170 valence electrons. The standard InChI is InChI=1S/C23H32N4O3.HI/c1-5-24-23(25-16-18-14-20(29-3)22(28)21(15-18)30-4)27-11-9-26(10-12-27)19-8-6-7-17(2)13-19;/h6-8,13-15,28H,5,9-12,16H2,1-4H3,(H,24,25);1H. The fraction of sp³-hybridized carbons (Fsp3) is 0.435. The molecule has 1 saturated heterocycles. The number of phenolic OH excluding ortho intramolecular Hbond substituents is 1. The summed E-state index contributed by atoms with van der Waals surface area (Å²) in [5.74, 6) is 1.67. The Labute approximate surface area is 202 Å². The minimum absolute atomic E-state index is 0. The zero-order valence-electron chi connectivity index (χ0n) is 18.7. The van der Waals surface area contributed by atoms with E-state index in [1.807, 2.05) is 0 Å². The van der Waals surface area contributed by atoms with Crippen molar-refractivity contribution in [2.45, 2.75) is 20.4 Å². The van der Waals surface area contributed by atoms with Crippen molar-refractivity contribution in [2.75, 3.05) is 51.8 Å². The quantitative estimate of drug-likeness (QED) is 0.332. The Bertz CT molecular complexity index is 858. The van der Waals surface area contributed by atoms with E-state index in [-0.39, 0.29) is 29.7 Å². The van der Waals surface area contributed by atoms with Crippen LogP contribution in [0.2, 0.25) is 0 Å². The molecule has 2 aromatic rings. The molecule has 0 aliphatic carbocycles. The van der Waals surface area contributed by atoms with Gasteiger partial charge in [-0.1, -0.05) is 12.1 Å². The maximum atomic E-state index is 10.1. The number of aromatic hydroxyl groups is 1. The molecule has 8 heteroatoms. The Balaban J connectivity index is 0.00000341. The number of piperazine rings is 1. The Kier molecular flexibility index (Phi) is 9.54. The van der Waals surface area contributed by atoms with Gasteiger partial charge in [0.25, 0.3) is 0 Å². The molecule has 1 aliphatic heterocycles. The van der Waals surface area contributed by atoms with Gasteiger partial charge in [0.1, 0.15) is 0 Å². The number of rotatable bonds is 6. The summed E-state index contributed by atoms with van der Waals surface area (Å²) in [6.07, 6.45) is 0. The highest BCUT2D eigenvalue weighted by atomic mass is 127.